The summed E-state index contributed by atoms with van der Waals surface area (Å²) in [6, 6.07) is 9.92. The molecule has 0 aromatic heterocycles. The molecule has 0 saturated carbocycles. The molecule has 1 fully saturated rings. The Bertz CT molecular complexity index is 506. The predicted molar refractivity (Wildman–Crippen MR) is 86.3 cm³/mol. The Balaban J connectivity index is 2.13. The van der Waals surface area contributed by atoms with Crippen LogP contribution in [-0.4, -0.2) is 39.1 Å². The summed E-state index contributed by atoms with van der Waals surface area (Å²) in [6.07, 6.45) is 3.20. The number of hydrogen-bond donors (Lipinski definition) is 1. The summed E-state index contributed by atoms with van der Waals surface area (Å²) in [5.41, 5.74) is 1.10. The van der Waals surface area contributed by atoms with E-state index in [1.807, 2.05) is 49.1 Å². The summed E-state index contributed by atoms with van der Waals surface area (Å²) in [4.78, 5) is 14.4. The normalized spacial score (nSPS) is 25.1. The van der Waals surface area contributed by atoms with Crippen molar-refractivity contribution >= 4 is 16.7 Å². The molecule has 1 aliphatic rings. The molecule has 116 valence electrons. The molecule has 1 aliphatic heterocycles. The first-order valence-corrected chi connectivity index (χ1v) is 9.10. The smallest absolute Gasteiger partial charge is 0.241 e. The topological polar surface area (TPSA) is 49.4 Å². The summed E-state index contributed by atoms with van der Waals surface area (Å²) >= 11 is 0. The second-order valence-corrected chi connectivity index (χ2v) is 7.37. The first kappa shape index (κ1) is 16.2. The van der Waals surface area contributed by atoms with Gasteiger partial charge in [-0.1, -0.05) is 44.2 Å². The lowest BCUT2D eigenvalue weighted by Gasteiger charge is -2.25. The molecule has 2 rings (SSSR count). The van der Waals surface area contributed by atoms with Crippen LogP contribution in [0.4, 0.5) is 0 Å². The largest absolute Gasteiger partial charge is 0.322 e. The number of benzene rings is 1. The fourth-order valence-corrected chi connectivity index (χ4v) is 3.05. The van der Waals surface area contributed by atoms with E-state index < -0.39 is 10.8 Å². The van der Waals surface area contributed by atoms with E-state index in [1.165, 1.54) is 0 Å². The average Bonchev–Trinajstić information content (AvgIpc) is 2.81. The minimum atomic E-state index is -0.846. The SMILES string of the molecule is CCC1NC(c2ccccc2)N(CCC(C)S(C)=O)C1=O. The number of nitrogens with one attached hydrogen (secondary N) is 1. The molecule has 0 spiro atoms. The Morgan fingerprint density at radius 2 is 2.00 bits per heavy atom. The standard InChI is InChI=1S/C16H24N2O2S/c1-4-14-16(19)18(11-10-12(2)21(3)20)15(17-14)13-8-6-5-7-9-13/h5-9,12,14-15,17H,4,10-11H2,1-3H3. The number of carbonyl (C=O) groups excluding carboxylic acids is 1. The monoisotopic (exact) mass is 308 g/mol. The van der Waals surface area contributed by atoms with E-state index >= 15 is 0 Å². The van der Waals surface area contributed by atoms with E-state index in [0.29, 0.717) is 6.54 Å². The van der Waals surface area contributed by atoms with E-state index in [9.17, 15) is 9.00 Å². The van der Waals surface area contributed by atoms with Crippen molar-refractivity contribution in [1.29, 1.82) is 0 Å². The van der Waals surface area contributed by atoms with Crippen LogP contribution in [0.5, 0.6) is 0 Å². The molecule has 4 atom stereocenters. The average molecular weight is 308 g/mol. The van der Waals surface area contributed by atoms with Gasteiger partial charge in [-0.3, -0.25) is 14.3 Å². The van der Waals surface area contributed by atoms with Crippen LogP contribution in [0.2, 0.25) is 0 Å². The summed E-state index contributed by atoms with van der Waals surface area (Å²) in [7, 11) is -0.846. The number of amides is 1. The van der Waals surface area contributed by atoms with Crippen LogP contribution in [0.1, 0.15) is 38.4 Å². The lowest BCUT2D eigenvalue weighted by Crippen LogP contribution is -2.33. The Hall–Kier alpha value is -1.20. The van der Waals surface area contributed by atoms with Crippen molar-refractivity contribution in [3.8, 4) is 0 Å². The summed E-state index contributed by atoms with van der Waals surface area (Å²) < 4.78 is 11.5. The third-order valence-electron chi connectivity index (χ3n) is 4.12. The van der Waals surface area contributed by atoms with Crippen LogP contribution in [0, 0.1) is 0 Å². The van der Waals surface area contributed by atoms with Crippen molar-refractivity contribution in [3.05, 3.63) is 35.9 Å². The van der Waals surface area contributed by atoms with E-state index in [1.54, 1.807) is 6.26 Å². The van der Waals surface area contributed by atoms with Gasteiger partial charge < -0.3 is 4.90 Å². The third kappa shape index (κ3) is 3.71. The Morgan fingerprint density at radius 1 is 1.33 bits per heavy atom. The zero-order valence-electron chi connectivity index (χ0n) is 12.9. The molecule has 1 N–H and O–H groups in total. The molecule has 4 unspecified atom stereocenters. The third-order valence-corrected chi connectivity index (χ3v) is 5.49. The highest BCUT2D eigenvalue weighted by Crippen LogP contribution is 2.26. The number of rotatable bonds is 6. The van der Waals surface area contributed by atoms with Crippen molar-refractivity contribution < 1.29 is 9.00 Å². The Kier molecular flexibility index (Phi) is 5.53. The van der Waals surface area contributed by atoms with E-state index in [2.05, 4.69) is 5.32 Å². The zero-order valence-corrected chi connectivity index (χ0v) is 13.7. The summed E-state index contributed by atoms with van der Waals surface area (Å²) in [6.45, 7) is 4.63. The van der Waals surface area contributed by atoms with Crippen molar-refractivity contribution in [2.24, 2.45) is 0 Å². The van der Waals surface area contributed by atoms with E-state index in [-0.39, 0.29) is 23.4 Å². The fourth-order valence-electron chi connectivity index (χ4n) is 2.61. The number of carbonyl (C=O) groups is 1. The minimum Gasteiger partial charge on any atom is -0.322 e. The second-order valence-electron chi connectivity index (χ2n) is 5.57. The summed E-state index contributed by atoms with van der Waals surface area (Å²) in [5, 5.41) is 3.52. The van der Waals surface area contributed by atoms with Gasteiger partial charge in [-0.05, 0) is 18.4 Å². The van der Waals surface area contributed by atoms with Crippen molar-refractivity contribution in [2.75, 3.05) is 12.8 Å². The summed E-state index contributed by atoms with van der Waals surface area (Å²) in [5.74, 6) is 0.153. The van der Waals surface area contributed by atoms with Crippen molar-refractivity contribution in [2.45, 2.75) is 44.1 Å². The molecule has 0 aliphatic carbocycles. The molecular formula is C16H24N2O2S. The highest BCUT2D eigenvalue weighted by atomic mass is 32.2. The molecular weight excluding hydrogens is 284 g/mol. The first-order valence-electron chi connectivity index (χ1n) is 7.48. The highest BCUT2D eigenvalue weighted by molar-refractivity contribution is 7.84. The van der Waals surface area contributed by atoms with Gasteiger partial charge >= 0.3 is 0 Å². The lowest BCUT2D eigenvalue weighted by atomic mass is 10.1. The maximum absolute atomic E-state index is 12.5. The Morgan fingerprint density at radius 3 is 2.57 bits per heavy atom. The van der Waals surface area contributed by atoms with Gasteiger partial charge in [0.25, 0.3) is 0 Å². The molecule has 1 aromatic rings. The Labute approximate surface area is 129 Å². The van der Waals surface area contributed by atoms with E-state index in [4.69, 9.17) is 0 Å². The molecule has 21 heavy (non-hydrogen) atoms. The molecule has 1 heterocycles. The molecule has 0 radical (unpaired) electrons. The number of nitrogens with zero attached hydrogens (tertiary/aromatic N) is 1. The van der Waals surface area contributed by atoms with Gasteiger partial charge in [-0.25, -0.2) is 0 Å². The molecule has 4 nitrogen and oxygen atoms in total. The predicted octanol–water partition coefficient (Wildman–Crippen LogP) is 2.05. The fraction of sp³-hybridized carbons (Fsp3) is 0.562. The van der Waals surface area contributed by atoms with Gasteiger partial charge in [0.2, 0.25) is 5.91 Å². The lowest BCUT2D eigenvalue weighted by molar-refractivity contribution is -0.130. The van der Waals surface area contributed by atoms with Gasteiger partial charge in [-0.15, -0.1) is 0 Å². The van der Waals surface area contributed by atoms with Crippen LogP contribution >= 0.6 is 0 Å². The van der Waals surface area contributed by atoms with Crippen LogP contribution < -0.4 is 5.32 Å². The molecule has 1 aromatic carbocycles. The minimum absolute atomic E-state index is 0.0684. The first-order chi connectivity index (χ1) is 10.0. The highest BCUT2D eigenvalue weighted by Gasteiger charge is 2.38. The van der Waals surface area contributed by atoms with Gasteiger partial charge in [0.15, 0.2) is 0 Å². The van der Waals surface area contributed by atoms with Crippen molar-refractivity contribution in [3.63, 3.8) is 0 Å². The van der Waals surface area contributed by atoms with Crippen LogP contribution in [0.15, 0.2) is 30.3 Å². The molecule has 1 saturated heterocycles. The maximum Gasteiger partial charge on any atom is 0.241 e. The van der Waals surface area contributed by atoms with Gasteiger partial charge in [0, 0.05) is 28.9 Å². The zero-order chi connectivity index (χ0) is 15.4. The van der Waals surface area contributed by atoms with Gasteiger partial charge in [0.1, 0.15) is 6.17 Å². The maximum atomic E-state index is 12.5. The molecule has 0 bridgehead atoms. The number of hydrogen-bond acceptors (Lipinski definition) is 3. The molecule has 5 heteroatoms. The van der Waals surface area contributed by atoms with Crippen molar-refractivity contribution in [1.82, 2.24) is 10.2 Å². The molecule has 1 amide bonds. The van der Waals surface area contributed by atoms with E-state index in [0.717, 1.165) is 18.4 Å². The van der Waals surface area contributed by atoms with Crippen LogP contribution in [0.25, 0.3) is 0 Å². The van der Waals surface area contributed by atoms with Gasteiger partial charge in [-0.2, -0.15) is 0 Å². The van der Waals surface area contributed by atoms with Crippen LogP contribution in [-0.2, 0) is 15.6 Å². The van der Waals surface area contributed by atoms with Crippen LogP contribution in [0.3, 0.4) is 0 Å². The second kappa shape index (κ2) is 7.18. The quantitative estimate of drug-likeness (QED) is 0.875. The van der Waals surface area contributed by atoms with Gasteiger partial charge in [0.05, 0.1) is 6.04 Å².